The van der Waals surface area contributed by atoms with Gasteiger partial charge < -0.3 is 50.0 Å². The van der Waals surface area contributed by atoms with Crippen LogP contribution in [-0.2, 0) is 14.2 Å². The molecule has 0 unspecified atom stereocenters. The summed E-state index contributed by atoms with van der Waals surface area (Å²) >= 11 is 0. The van der Waals surface area contributed by atoms with Crippen LogP contribution in [0.15, 0.2) is 0 Å². The summed E-state index contributed by atoms with van der Waals surface area (Å²) in [7, 11) is 0. The van der Waals surface area contributed by atoms with Crippen molar-refractivity contribution in [2.24, 2.45) is 44.8 Å². The minimum Gasteiger partial charge on any atom is -0.396 e. The van der Waals surface area contributed by atoms with E-state index >= 15 is 0 Å². The zero-order valence-corrected chi connectivity index (χ0v) is 28.0. The lowest BCUT2D eigenvalue weighted by molar-refractivity contribution is -0.304. The summed E-state index contributed by atoms with van der Waals surface area (Å²) < 4.78 is 18.6. The van der Waals surface area contributed by atoms with Crippen LogP contribution in [0.25, 0.3) is 0 Å². The summed E-state index contributed by atoms with van der Waals surface area (Å²) in [5, 5.41) is 77.2. The Hall–Kier alpha value is -0.400. The van der Waals surface area contributed by atoms with Crippen molar-refractivity contribution >= 4 is 0 Å². The molecule has 7 aliphatic rings. The first-order valence-electron chi connectivity index (χ1n) is 17.5. The highest BCUT2D eigenvalue weighted by atomic mass is 16.7. The van der Waals surface area contributed by atoms with E-state index in [-0.39, 0.29) is 47.6 Å². The van der Waals surface area contributed by atoms with Gasteiger partial charge in [-0.15, -0.1) is 0 Å². The van der Waals surface area contributed by atoms with Crippen LogP contribution < -0.4 is 0 Å². The fourth-order valence-electron chi connectivity index (χ4n) is 13.5. The van der Waals surface area contributed by atoms with E-state index in [1.165, 1.54) is 0 Å². The van der Waals surface area contributed by atoms with Gasteiger partial charge in [-0.2, -0.15) is 0 Å². The second-order valence-corrected chi connectivity index (χ2v) is 18.1. The van der Waals surface area contributed by atoms with Crippen LogP contribution in [0.2, 0.25) is 0 Å². The molecule has 2 spiro atoms. The molecule has 7 N–H and O–H groups in total. The Morgan fingerprint density at radius 3 is 2.16 bits per heavy atom. The number of ether oxygens (including phenoxy) is 3. The summed E-state index contributed by atoms with van der Waals surface area (Å²) in [6.07, 6.45) is 0.117. The van der Waals surface area contributed by atoms with Gasteiger partial charge in [0.1, 0.15) is 18.3 Å². The maximum absolute atomic E-state index is 12.4. The zero-order chi connectivity index (χ0) is 32.8. The van der Waals surface area contributed by atoms with E-state index in [2.05, 4.69) is 20.8 Å². The SMILES string of the molecule is CC(C)(O)[C@H]1CC[C@@](C)([C@H]2[C@@H](O)C[C@@]3(C)[C@H]4CC[C@H]5C(C)(C)[C@@H](O[C@@H]6OC[C@@H](O)[C@H](O)[C@H]6O)CC[C@@]56C[C@@]46C[C@@H](O)[C@]23CO)O1. The standard InChI is InChI=1S/C35H58O10/c1-29(2)20-7-8-21-31(5)13-18(37)27(32(6)11-9-24(45-32)30(3,4)42)35(31,17-36)22(39)14-34(21)16-33(20,34)12-10-23(29)44-28-26(41)25(40)19(38)15-43-28/h18-28,36-42H,7-17H2,1-6H3/t18-,19+,20-,21+,22+,23-,24+,25-,26+,27+,28-,31-,32-,33+,34-,35+/m0/s1. The largest absolute Gasteiger partial charge is 0.396 e. The minimum absolute atomic E-state index is 0.0232. The predicted octanol–water partition coefficient (Wildman–Crippen LogP) is 1.87. The molecule has 0 aromatic carbocycles. The van der Waals surface area contributed by atoms with Gasteiger partial charge in [-0.05, 0) is 112 Å². The third-order valence-electron chi connectivity index (χ3n) is 15.5. The Bertz CT molecular complexity index is 1170. The van der Waals surface area contributed by atoms with Gasteiger partial charge >= 0.3 is 0 Å². The van der Waals surface area contributed by atoms with Crippen molar-refractivity contribution in [3.63, 3.8) is 0 Å². The van der Waals surface area contributed by atoms with Crippen LogP contribution >= 0.6 is 0 Å². The lowest BCUT2D eigenvalue weighted by atomic mass is 9.40. The molecule has 2 saturated heterocycles. The maximum Gasteiger partial charge on any atom is 0.186 e. The van der Waals surface area contributed by atoms with Crippen molar-refractivity contribution in [2.75, 3.05) is 13.2 Å². The number of hydrogen-bond acceptors (Lipinski definition) is 10. The third-order valence-corrected chi connectivity index (χ3v) is 15.5. The van der Waals surface area contributed by atoms with Gasteiger partial charge in [-0.1, -0.05) is 20.8 Å². The Labute approximate surface area is 267 Å². The van der Waals surface area contributed by atoms with Gasteiger partial charge in [0.05, 0.1) is 48.8 Å². The summed E-state index contributed by atoms with van der Waals surface area (Å²) in [6.45, 7) is 11.9. The molecule has 7 fully saturated rings. The average molecular weight is 639 g/mol. The molecule has 2 aliphatic heterocycles. The highest BCUT2D eigenvalue weighted by Crippen LogP contribution is 2.89. The number of aliphatic hydroxyl groups is 7. The van der Waals surface area contributed by atoms with E-state index in [0.29, 0.717) is 31.6 Å². The lowest BCUT2D eigenvalue weighted by Crippen LogP contribution is -2.66. The zero-order valence-electron chi connectivity index (χ0n) is 28.0. The first kappa shape index (κ1) is 33.1. The number of fused-ring (bicyclic) bond motifs is 2. The van der Waals surface area contributed by atoms with Crippen LogP contribution in [0.1, 0.15) is 99.3 Å². The Balaban J connectivity index is 1.17. The molecule has 10 heteroatoms. The smallest absolute Gasteiger partial charge is 0.186 e. The van der Waals surface area contributed by atoms with Crippen LogP contribution in [0.4, 0.5) is 0 Å². The quantitative estimate of drug-likeness (QED) is 0.221. The highest BCUT2D eigenvalue weighted by molar-refractivity contribution is 5.34. The van der Waals surface area contributed by atoms with Gasteiger partial charge in [0.25, 0.3) is 0 Å². The van der Waals surface area contributed by atoms with E-state index in [1.54, 1.807) is 13.8 Å². The van der Waals surface area contributed by atoms with Crippen molar-refractivity contribution in [2.45, 2.75) is 160 Å². The molecule has 45 heavy (non-hydrogen) atoms. The molecule has 10 nitrogen and oxygen atoms in total. The van der Waals surface area contributed by atoms with Crippen molar-refractivity contribution in [1.29, 1.82) is 0 Å². The minimum atomic E-state index is -1.32. The summed E-state index contributed by atoms with van der Waals surface area (Å²) in [5.41, 5.74) is -3.54. The summed E-state index contributed by atoms with van der Waals surface area (Å²) in [5.74, 6) is 0.0995. The molecule has 0 aromatic heterocycles. The van der Waals surface area contributed by atoms with E-state index < -0.39 is 64.8 Å². The van der Waals surface area contributed by atoms with Crippen molar-refractivity contribution in [1.82, 2.24) is 0 Å². The van der Waals surface area contributed by atoms with Gasteiger partial charge in [0, 0.05) is 11.3 Å². The molecule has 0 radical (unpaired) electrons. The molecule has 0 amide bonds. The summed E-state index contributed by atoms with van der Waals surface area (Å²) in [4.78, 5) is 0. The number of hydrogen-bond donors (Lipinski definition) is 7. The Kier molecular flexibility index (Phi) is 7.42. The van der Waals surface area contributed by atoms with Crippen LogP contribution in [-0.4, -0.2) is 109 Å². The first-order valence-corrected chi connectivity index (χ1v) is 17.5. The fourth-order valence-corrected chi connectivity index (χ4v) is 13.5. The number of aliphatic hydroxyl groups excluding tert-OH is 6. The molecular weight excluding hydrogens is 580 g/mol. The van der Waals surface area contributed by atoms with E-state index in [9.17, 15) is 35.7 Å². The molecule has 0 bridgehead atoms. The molecule has 5 saturated carbocycles. The van der Waals surface area contributed by atoms with Gasteiger partial charge in [0.2, 0.25) is 0 Å². The molecule has 7 rings (SSSR count). The molecule has 5 aliphatic carbocycles. The first-order chi connectivity index (χ1) is 20.8. The number of rotatable bonds is 5. The second kappa shape index (κ2) is 10.1. The Morgan fingerprint density at radius 2 is 1.51 bits per heavy atom. The Morgan fingerprint density at radius 1 is 0.822 bits per heavy atom. The third kappa shape index (κ3) is 4.10. The molecule has 0 aromatic rings. The van der Waals surface area contributed by atoms with E-state index in [0.717, 1.165) is 32.1 Å². The highest BCUT2D eigenvalue weighted by Gasteiger charge is 2.86. The van der Waals surface area contributed by atoms with Crippen molar-refractivity contribution in [3.05, 3.63) is 0 Å². The van der Waals surface area contributed by atoms with Crippen molar-refractivity contribution in [3.8, 4) is 0 Å². The molecule has 258 valence electrons. The van der Waals surface area contributed by atoms with Crippen LogP contribution in [0, 0.1) is 44.8 Å². The fraction of sp³-hybridized carbons (Fsp3) is 1.00. The second-order valence-electron chi connectivity index (χ2n) is 18.1. The van der Waals surface area contributed by atoms with Crippen molar-refractivity contribution < 1.29 is 50.0 Å². The molecular formula is C35H58O10. The van der Waals surface area contributed by atoms with E-state index in [1.807, 2.05) is 6.92 Å². The normalized spacial score (nSPS) is 58.7. The lowest BCUT2D eigenvalue weighted by Gasteiger charge is -2.65. The summed E-state index contributed by atoms with van der Waals surface area (Å²) in [6, 6.07) is 0. The topological polar surface area (TPSA) is 169 Å². The van der Waals surface area contributed by atoms with Crippen LogP contribution in [0.3, 0.4) is 0 Å². The van der Waals surface area contributed by atoms with Crippen LogP contribution in [0.5, 0.6) is 0 Å². The average Bonchev–Trinajstić information content (AvgIpc) is 3.27. The van der Waals surface area contributed by atoms with Gasteiger partial charge in [-0.25, -0.2) is 0 Å². The monoisotopic (exact) mass is 638 g/mol. The maximum atomic E-state index is 12.4. The predicted molar refractivity (Wildman–Crippen MR) is 163 cm³/mol. The molecule has 16 atom stereocenters. The molecule has 2 heterocycles. The van der Waals surface area contributed by atoms with E-state index in [4.69, 9.17) is 14.2 Å². The van der Waals surface area contributed by atoms with Gasteiger partial charge in [-0.3, -0.25) is 0 Å². The van der Waals surface area contributed by atoms with Gasteiger partial charge in [0.15, 0.2) is 6.29 Å².